The summed E-state index contributed by atoms with van der Waals surface area (Å²) in [5.74, 6) is -0.00644. The van der Waals surface area contributed by atoms with Gasteiger partial charge in [-0.3, -0.25) is 4.79 Å². The number of aromatic amines is 1. The fourth-order valence-electron chi connectivity index (χ4n) is 0.973. The number of hydrogen-bond donors (Lipinski definition) is 2. The van der Waals surface area contributed by atoms with E-state index in [1.807, 2.05) is 6.92 Å². The maximum absolute atomic E-state index is 11.2. The number of rotatable bonds is 6. The van der Waals surface area contributed by atoms with Gasteiger partial charge in [0.25, 0.3) is 0 Å². The van der Waals surface area contributed by atoms with Gasteiger partial charge in [-0.2, -0.15) is 0 Å². The first-order chi connectivity index (χ1) is 6.83. The molecule has 0 bridgehead atoms. The minimum Gasteiger partial charge on any atom is -0.381 e. The van der Waals surface area contributed by atoms with E-state index in [1.165, 1.54) is 0 Å². The monoisotopic (exact) mass is 197 g/mol. The first-order valence-corrected chi connectivity index (χ1v) is 4.64. The Kier molecular flexibility index (Phi) is 4.71. The van der Waals surface area contributed by atoms with Crippen molar-refractivity contribution in [1.29, 1.82) is 0 Å². The molecule has 0 aliphatic carbocycles. The molecule has 1 rings (SSSR count). The Morgan fingerprint density at radius 2 is 2.57 bits per heavy atom. The van der Waals surface area contributed by atoms with Crippen molar-refractivity contribution in [3.8, 4) is 0 Å². The number of nitrogens with zero attached hydrogens (tertiary/aromatic N) is 1. The van der Waals surface area contributed by atoms with Crippen LogP contribution in [0.15, 0.2) is 12.5 Å². The smallest absolute Gasteiger partial charge is 0.222 e. The van der Waals surface area contributed by atoms with E-state index >= 15 is 0 Å². The second-order valence-electron chi connectivity index (χ2n) is 2.80. The minimum atomic E-state index is -0.00644. The molecule has 1 heterocycles. The quantitative estimate of drug-likeness (QED) is 0.651. The van der Waals surface area contributed by atoms with Crippen molar-refractivity contribution in [2.45, 2.75) is 19.9 Å². The molecule has 0 spiro atoms. The van der Waals surface area contributed by atoms with Gasteiger partial charge in [-0.25, -0.2) is 4.98 Å². The predicted octanol–water partition coefficient (Wildman–Crippen LogP) is 0.452. The lowest BCUT2D eigenvalue weighted by atomic mass is 10.4. The number of nitrogens with one attached hydrogen (secondary N) is 2. The largest absolute Gasteiger partial charge is 0.381 e. The van der Waals surface area contributed by atoms with Crippen LogP contribution in [0, 0.1) is 0 Å². The Labute approximate surface area is 82.9 Å². The fourth-order valence-corrected chi connectivity index (χ4v) is 0.973. The molecule has 0 aliphatic rings. The molecule has 0 atom stereocenters. The highest BCUT2D eigenvalue weighted by atomic mass is 16.5. The third kappa shape index (κ3) is 4.04. The Bertz CT molecular complexity index is 259. The molecule has 0 aromatic carbocycles. The van der Waals surface area contributed by atoms with Crippen LogP contribution < -0.4 is 5.32 Å². The van der Waals surface area contributed by atoms with Crippen LogP contribution in [-0.4, -0.2) is 29.1 Å². The Hall–Kier alpha value is -1.36. The van der Waals surface area contributed by atoms with Crippen molar-refractivity contribution in [1.82, 2.24) is 15.3 Å². The molecule has 0 unspecified atom stereocenters. The molecule has 0 saturated carbocycles. The maximum Gasteiger partial charge on any atom is 0.222 e. The van der Waals surface area contributed by atoms with Crippen LogP contribution in [-0.2, 0) is 16.1 Å². The van der Waals surface area contributed by atoms with Gasteiger partial charge in [0, 0.05) is 19.2 Å². The molecular weight excluding hydrogens is 182 g/mol. The average Bonchev–Trinajstić information content (AvgIpc) is 2.68. The lowest BCUT2D eigenvalue weighted by Crippen LogP contribution is -2.24. The van der Waals surface area contributed by atoms with Gasteiger partial charge in [0.2, 0.25) is 5.91 Å². The molecule has 1 aromatic heterocycles. The van der Waals surface area contributed by atoms with Crippen LogP contribution in [0.5, 0.6) is 0 Å². The maximum atomic E-state index is 11.2. The highest BCUT2D eigenvalue weighted by Gasteiger charge is 2.00. The minimum absolute atomic E-state index is 0.00644. The Morgan fingerprint density at radius 1 is 1.71 bits per heavy atom. The van der Waals surface area contributed by atoms with Crippen LogP contribution in [0.25, 0.3) is 0 Å². The zero-order chi connectivity index (χ0) is 10.2. The van der Waals surface area contributed by atoms with Gasteiger partial charge >= 0.3 is 0 Å². The molecule has 14 heavy (non-hydrogen) atoms. The second-order valence-corrected chi connectivity index (χ2v) is 2.80. The number of imidazole rings is 1. The van der Waals surface area contributed by atoms with Gasteiger partial charge in [0.1, 0.15) is 0 Å². The highest BCUT2D eigenvalue weighted by molar-refractivity contribution is 5.75. The van der Waals surface area contributed by atoms with Gasteiger partial charge < -0.3 is 15.0 Å². The van der Waals surface area contributed by atoms with Crippen LogP contribution in [0.1, 0.15) is 19.0 Å². The molecule has 0 saturated heterocycles. The molecule has 78 valence electrons. The number of carbonyl (C=O) groups is 1. The van der Waals surface area contributed by atoms with Crippen molar-refractivity contribution < 1.29 is 9.53 Å². The standard InChI is InChI=1S/C9H15N3O2/c1-2-14-4-3-9(13)11-6-8-5-10-7-12-8/h5,7H,2-4,6H2,1H3,(H,10,12)(H,11,13). The SMILES string of the molecule is CCOCCC(=O)NCc1cnc[nH]1. The summed E-state index contributed by atoms with van der Waals surface area (Å²) in [5, 5.41) is 2.75. The number of H-pyrrole nitrogens is 1. The lowest BCUT2D eigenvalue weighted by Gasteiger charge is -2.03. The number of hydrogen-bond acceptors (Lipinski definition) is 3. The number of carbonyl (C=O) groups excluding carboxylic acids is 1. The van der Waals surface area contributed by atoms with E-state index in [-0.39, 0.29) is 5.91 Å². The first-order valence-electron chi connectivity index (χ1n) is 4.64. The summed E-state index contributed by atoms with van der Waals surface area (Å²) < 4.78 is 5.06. The van der Waals surface area contributed by atoms with Gasteiger partial charge in [-0.05, 0) is 6.92 Å². The number of ether oxygens (including phenoxy) is 1. The zero-order valence-electron chi connectivity index (χ0n) is 8.25. The van der Waals surface area contributed by atoms with Crippen LogP contribution >= 0.6 is 0 Å². The van der Waals surface area contributed by atoms with E-state index in [4.69, 9.17) is 4.74 Å². The van der Waals surface area contributed by atoms with Crippen LogP contribution in [0.4, 0.5) is 0 Å². The summed E-state index contributed by atoms with van der Waals surface area (Å²) in [6, 6.07) is 0. The van der Waals surface area contributed by atoms with E-state index in [9.17, 15) is 4.79 Å². The number of aromatic nitrogens is 2. The van der Waals surface area contributed by atoms with E-state index in [1.54, 1.807) is 12.5 Å². The molecule has 0 fully saturated rings. The highest BCUT2D eigenvalue weighted by Crippen LogP contribution is 1.90. The Morgan fingerprint density at radius 3 is 3.21 bits per heavy atom. The lowest BCUT2D eigenvalue weighted by molar-refractivity contribution is -0.122. The van der Waals surface area contributed by atoms with Crippen molar-refractivity contribution in [2.24, 2.45) is 0 Å². The number of amides is 1. The molecule has 2 N–H and O–H groups in total. The molecule has 5 nitrogen and oxygen atoms in total. The third-order valence-electron chi connectivity index (χ3n) is 1.71. The molecule has 0 aliphatic heterocycles. The normalized spacial score (nSPS) is 10.1. The van der Waals surface area contributed by atoms with E-state index < -0.39 is 0 Å². The molecule has 0 radical (unpaired) electrons. The van der Waals surface area contributed by atoms with Gasteiger partial charge in [0.05, 0.1) is 25.2 Å². The average molecular weight is 197 g/mol. The van der Waals surface area contributed by atoms with Crippen molar-refractivity contribution in [2.75, 3.05) is 13.2 Å². The Balaban J connectivity index is 2.09. The van der Waals surface area contributed by atoms with E-state index in [2.05, 4.69) is 15.3 Å². The molecular formula is C9H15N3O2. The van der Waals surface area contributed by atoms with Gasteiger partial charge in [-0.1, -0.05) is 0 Å². The fraction of sp³-hybridized carbons (Fsp3) is 0.556. The topological polar surface area (TPSA) is 67.0 Å². The third-order valence-corrected chi connectivity index (χ3v) is 1.71. The van der Waals surface area contributed by atoms with Crippen LogP contribution in [0.3, 0.4) is 0 Å². The summed E-state index contributed by atoms with van der Waals surface area (Å²) in [4.78, 5) is 17.9. The predicted molar refractivity (Wildman–Crippen MR) is 51.5 cm³/mol. The van der Waals surface area contributed by atoms with E-state index in [0.29, 0.717) is 26.2 Å². The summed E-state index contributed by atoms with van der Waals surface area (Å²) in [6.45, 7) is 3.52. The van der Waals surface area contributed by atoms with Crippen molar-refractivity contribution in [3.05, 3.63) is 18.2 Å². The summed E-state index contributed by atoms with van der Waals surface area (Å²) >= 11 is 0. The second kappa shape index (κ2) is 6.15. The summed E-state index contributed by atoms with van der Waals surface area (Å²) in [5.41, 5.74) is 0.898. The van der Waals surface area contributed by atoms with Gasteiger partial charge in [0.15, 0.2) is 0 Å². The van der Waals surface area contributed by atoms with Gasteiger partial charge in [-0.15, -0.1) is 0 Å². The van der Waals surface area contributed by atoms with Crippen molar-refractivity contribution >= 4 is 5.91 Å². The molecule has 5 heteroatoms. The van der Waals surface area contributed by atoms with Crippen molar-refractivity contribution in [3.63, 3.8) is 0 Å². The summed E-state index contributed by atoms with van der Waals surface area (Å²) in [6.07, 6.45) is 3.67. The zero-order valence-corrected chi connectivity index (χ0v) is 8.25. The first kappa shape index (κ1) is 10.7. The van der Waals surface area contributed by atoms with E-state index in [0.717, 1.165) is 5.69 Å². The molecule has 1 amide bonds. The van der Waals surface area contributed by atoms with Crippen LogP contribution in [0.2, 0.25) is 0 Å². The summed E-state index contributed by atoms with van der Waals surface area (Å²) in [7, 11) is 0. The molecule has 1 aromatic rings.